The molecular weight excluding hydrogens is 426 g/mol. The molecule has 7 heteroatoms. The van der Waals surface area contributed by atoms with Crippen molar-refractivity contribution >= 4 is 22.5 Å². The largest absolute Gasteiger partial charge is 0.372 e. The number of allylic oxidation sites excluding steroid dienone is 2. The first-order chi connectivity index (χ1) is 16.3. The van der Waals surface area contributed by atoms with Crippen LogP contribution in [0.1, 0.15) is 51.3 Å². The first-order valence-electron chi connectivity index (χ1n) is 12.2. The molecule has 0 amide bonds. The van der Waals surface area contributed by atoms with Crippen molar-refractivity contribution in [2.24, 2.45) is 0 Å². The fraction of sp³-hybridized carbons (Fsp3) is 0.481. The zero-order chi connectivity index (χ0) is 24.1. The standard InChI is InChI=1S/C27H33N5O2/c1-16(2)32-22-13-19(31-10-8-30(5)9-11-31)14-23(33)25(22)26(34-17(3)4)24-20-7-6-18(15-28)12-21(20)29-27(24)32/h6-7,12-13,16-17,26,29H,8-11,14H2,1-5H3. The molecule has 0 radical (unpaired) electrons. The van der Waals surface area contributed by atoms with E-state index in [1.54, 1.807) is 0 Å². The third kappa shape index (κ3) is 3.71. The van der Waals surface area contributed by atoms with Gasteiger partial charge in [-0.05, 0) is 53.0 Å². The molecule has 2 aliphatic heterocycles. The number of nitrogens with one attached hydrogen (secondary N) is 1. The number of hydrogen-bond acceptors (Lipinski definition) is 6. The van der Waals surface area contributed by atoms with Crippen molar-refractivity contribution in [3.8, 4) is 6.07 Å². The highest BCUT2D eigenvalue weighted by Gasteiger charge is 2.42. The summed E-state index contributed by atoms with van der Waals surface area (Å²) in [6.45, 7) is 12.2. The Morgan fingerprint density at radius 3 is 2.53 bits per heavy atom. The van der Waals surface area contributed by atoms with E-state index in [0.29, 0.717) is 12.0 Å². The van der Waals surface area contributed by atoms with Gasteiger partial charge in [-0.15, -0.1) is 0 Å². The van der Waals surface area contributed by atoms with Gasteiger partial charge in [-0.2, -0.15) is 5.26 Å². The third-order valence-corrected chi connectivity index (χ3v) is 7.03. The smallest absolute Gasteiger partial charge is 0.169 e. The molecule has 0 bridgehead atoms. The zero-order valence-corrected chi connectivity index (χ0v) is 20.7. The summed E-state index contributed by atoms with van der Waals surface area (Å²) in [6, 6.07) is 8.05. The van der Waals surface area contributed by atoms with Gasteiger partial charge >= 0.3 is 0 Å². The molecule has 3 heterocycles. The second-order valence-corrected chi connectivity index (χ2v) is 10.1. The minimum atomic E-state index is -0.445. The number of nitrogens with zero attached hydrogens (tertiary/aromatic N) is 4. The number of ether oxygens (including phenoxy) is 1. The molecule has 1 saturated heterocycles. The van der Waals surface area contributed by atoms with Crippen LogP contribution in [0.15, 0.2) is 41.2 Å². The number of hydrogen-bond donors (Lipinski definition) is 1. The molecule has 7 nitrogen and oxygen atoms in total. The van der Waals surface area contributed by atoms with Crippen LogP contribution in [0.4, 0.5) is 5.82 Å². The summed E-state index contributed by atoms with van der Waals surface area (Å²) in [5.41, 5.74) is 5.27. The summed E-state index contributed by atoms with van der Waals surface area (Å²) in [4.78, 5) is 24.3. The average molecular weight is 460 g/mol. The van der Waals surface area contributed by atoms with Gasteiger partial charge in [0.25, 0.3) is 0 Å². The lowest BCUT2D eigenvalue weighted by Crippen LogP contribution is -2.46. The van der Waals surface area contributed by atoms with Gasteiger partial charge in [0.1, 0.15) is 11.9 Å². The second kappa shape index (κ2) is 8.61. The first kappa shape index (κ1) is 22.7. The highest BCUT2D eigenvalue weighted by Crippen LogP contribution is 2.49. The molecule has 1 atom stereocenters. The Kier molecular flexibility index (Phi) is 5.75. The Bertz CT molecular complexity index is 1240. The molecule has 1 fully saturated rings. The number of aromatic amines is 1. The summed E-state index contributed by atoms with van der Waals surface area (Å²) < 4.78 is 6.46. The monoisotopic (exact) mass is 459 g/mol. The predicted molar refractivity (Wildman–Crippen MR) is 133 cm³/mol. The van der Waals surface area contributed by atoms with Crippen molar-refractivity contribution in [1.82, 2.24) is 14.8 Å². The number of nitriles is 1. The quantitative estimate of drug-likeness (QED) is 0.742. The number of fused-ring (bicyclic) bond motifs is 3. The van der Waals surface area contributed by atoms with E-state index in [1.807, 2.05) is 32.0 Å². The van der Waals surface area contributed by atoms with Crippen LogP contribution in [0, 0.1) is 11.3 Å². The Labute approximate surface area is 201 Å². The Balaban J connectivity index is 1.70. The van der Waals surface area contributed by atoms with Gasteiger partial charge in [-0.3, -0.25) is 4.79 Å². The molecule has 178 valence electrons. The SMILES string of the molecule is CC(C)OC1C2=C(C=C(N3CCN(C)CC3)CC2=O)N(C(C)C)c2[nH]c3cc(C#N)ccc3c21. The van der Waals surface area contributed by atoms with Crippen LogP contribution in [-0.2, 0) is 9.53 Å². The number of ketones is 1. The average Bonchev–Trinajstić information content (AvgIpc) is 3.16. The summed E-state index contributed by atoms with van der Waals surface area (Å²) in [5.74, 6) is 1.09. The van der Waals surface area contributed by atoms with Crippen molar-refractivity contribution in [2.75, 3.05) is 38.1 Å². The molecule has 34 heavy (non-hydrogen) atoms. The van der Waals surface area contributed by atoms with Crippen molar-refractivity contribution in [2.45, 2.75) is 52.4 Å². The summed E-state index contributed by atoms with van der Waals surface area (Å²) >= 11 is 0. The molecule has 1 aromatic heterocycles. The fourth-order valence-electron chi connectivity index (χ4n) is 5.41. The van der Waals surface area contributed by atoms with Crippen molar-refractivity contribution < 1.29 is 9.53 Å². The number of carbonyl (C=O) groups is 1. The van der Waals surface area contributed by atoms with E-state index in [4.69, 9.17) is 4.74 Å². The molecule has 5 rings (SSSR count). The lowest BCUT2D eigenvalue weighted by atomic mass is 9.85. The number of H-pyrrole nitrogens is 1. The number of rotatable bonds is 4. The maximum Gasteiger partial charge on any atom is 0.169 e. The van der Waals surface area contributed by atoms with Gasteiger partial charge in [-0.1, -0.05) is 6.07 Å². The van der Waals surface area contributed by atoms with Crippen LogP contribution in [0.2, 0.25) is 0 Å². The molecule has 0 spiro atoms. The van der Waals surface area contributed by atoms with Crippen molar-refractivity contribution in [3.05, 3.63) is 52.4 Å². The Morgan fingerprint density at radius 1 is 1.15 bits per heavy atom. The lowest BCUT2D eigenvalue weighted by Gasteiger charge is -2.43. The number of piperazine rings is 1. The van der Waals surface area contributed by atoms with E-state index in [9.17, 15) is 10.1 Å². The van der Waals surface area contributed by atoms with Crippen LogP contribution < -0.4 is 4.90 Å². The van der Waals surface area contributed by atoms with Crippen molar-refractivity contribution in [3.63, 3.8) is 0 Å². The molecule has 2 aromatic rings. The summed E-state index contributed by atoms with van der Waals surface area (Å²) in [7, 11) is 2.14. The molecule has 1 aliphatic carbocycles. The topological polar surface area (TPSA) is 75.6 Å². The minimum Gasteiger partial charge on any atom is -0.372 e. The highest BCUT2D eigenvalue weighted by molar-refractivity contribution is 6.05. The summed E-state index contributed by atoms with van der Waals surface area (Å²) in [5, 5.41) is 10.4. The number of benzene rings is 1. The first-order valence-corrected chi connectivity index (χ1v) is 12.2. The number of carbonyl (C=O) groups excluding carboxylic acids is 1. The maximum atomic E-state index is 13.8. The molecule has 3 aliphatic rings. The number of aromatic nitrogens is 1. The van der Waals surface area contributed by atoms with E-state index in [0.717, 1.165) is 65.4 Å². The van der Waals surface area contributed by atoms with E-state index >= 15 is 0 Å². The summed E-state index contributed by atoms with van der Waals surface area (Å²) in [6.07, 6.45) is 2.13. The van der Waals surface area contributed by atoms with Gasteiger partial charge < -0.3 is 24.4 Å². The van der Waals surface area contributed by atoms with Gasteiger partial charge in [0, 0.05) is 54.4 Å². The molecule has 1 N–H and O–H groups in total. The molecule has 1 unspecified atom stereocenters. The van der Waals surface area contributed by atoms with E-state index in [2.05, 4.69) is 52.7 Å². The Hall–Kier alpha value is -3.08. The number of Topliss-reactive ketones (excluding diaryl/α,β-unsaturated/α-hetero) is 1. The number of likely N-dealkylation sites (N-methyl/N-ethyl adjacent to an activating group) is 1. The Morgan fingerprint density at radius 2 is 1.88 bits per heavy atom. The van der Waals surface area contributed by atoms with Crippen LogP contribution in [0.5, 0.6) is 0 Å². The normalized spacial score (nSPS) is 21.3. The van der Waals surface area contributed by atoms with Crippen LogP contribution >= 0.6 is 0 Å². The van der Waals surface area contributed by atoms with Gasteiger partial charge in [0.05, 0.1) is 35.4 Å². The fourth-order valence-corrected chi connectivity index (χ4v) is 5.41. The van der Waals surface area contributed by atoms with E-state index in [-0.39, 0.29) is 17.9 Å². The van der Waals surface area contributed by atoms with Crippen LogP contribution in [0.25, 0.3) is 10.9 Å². The molecule has 0 saturated carbocycles. The van der Waals surface area contributed by atoms with E-state index < -0.39 is 6.10 Å². The molecular formula is C27H33N5O2. The predicted octanol–water partition coefficient (Wildman–Crippen LogP) is 4.09. The van der Waals surface area contributed by atoms with Gasteiger partial charge in [0.15, 0.2) is 5.78 Å². The molecule has 1 aromatic carbocycles. The zero-order valence-electron chi connectivity index (χ0n) is 20.7. The minimum absolute atomic E-state index is 0.0451. The second-order valence-electron chi connectivity index (χ2n) is 10.1. The maximum absolute atomic E-state index is 13.8. The van der Waals surface area contributed by atoms with Gasteiger partial charge in [0.2, 0.25) is 0 Å². The van der Waals surface area contributed by atoms with Crippen LogP contribution in [0.3, 0.4) is 0 Å². The van der Waals surface area contributed by atoms with Crippen molar-refractivity contribution in [1.29, 1.82) is 5.26 Å². The van der Waals surface area contributed by atoms with E-state index in [1.165, 1.54) is 0 Å². The van der Waals surface area contributed by atoms with Gasteiger partial charge in [-0.25, -0.2) is 0 Å². The number of anilines is 1. The van der Waals surface area contributed by atoms with Crippen LogP contribution in [-0.4, -0.2) is 65.9 Å². The highest BCUT2D eigenvalue weighted by atomic mass is 16.5. The third-order valence-electron chi connectivity index (χ3n) is 7.03. The lowest BCUT2D eigenvalue weighted by molar-refractivity contribution is -0.117.